The topological polar surface area (TPSA) is 54.6 Å². The lowest BCUT2D eigenvalue weighted by atomic mass is 10.0. The number of hydrazone groups is 1. The Morgan fingerprint density at radius 3 is 2.63 bits per heavy atom. The molecule has 0 unspecified atom stereocenters. The van der Waals surface area contributed by atoms with Crippen LogP contribution in [0.2, 0.25) is 10.0 Å². The highest BCUT2D eigenvalue weighted by molar-refractivity contribution is 6.42. The van der Waals surface area contributed by atoms with E-state index in [0.717, 1.165) is 16.7 Å². The second-order valence-electron chi connectivity index (χ2n) is 6.23. The Kier molecular flexibility index (Phi) is 5.99. The minimum absolute atomic E-state index is 0.186. The average Bonchev–Trinajstić information content (AvgIpc) is 3.09. The molecule has 0 spiro atoms. The molecule has 4 nitrogen and oxygen atoms in total. The van der Waals surface area contributed by atoms with Crippen LogP contribution >= 0.6 is 23.2 Å². The molecule has 6 heteroatoms. The van der Waals surface area contributed by atoms with Crippen molar-refractivity contribution in [3.63, 3.8) is 0 Å². The molecule has 0 aliphatic carbocycles. The Morgan fingerprint density at radius 1 is 1.07 bits per heavy atom. The van der Waals surface area contributed by atoms with Crippen LogP contribution in [-0.2, 0) is 11.2 Å². The zero-order valence-corrected chi connectivity index (χ0v) is 16.4. The first-order valence-corrected chi connectivity index (χ1v) is 9.11. The monoisotopic (exact) mass is 400 g/mol. The van der Waals surface area contributed by atoms with Crippen LogP contribution in [0.5, 0.6) is 0 Å². The fourth-order valence-corrected chi connectivity index (χ4v) is 2.95. The number of benzene rings is 2. The molecule has 0 aliphatic rings. The summed E-state index contributed by atoms with van der Waals surface area (Å²) in [5, 5.41) is 4.90. The molecule has 0 radical (unpaired) electrons. The van der Waals surface area contributed by atoms with E-state index in [9.17, 15) is 4.79 Å². The number of hydrogen-bond acceptors (Lipinski definition) is 3. The number of amides is 1. The molecule has 1 aromatic heterocycles. The SMILES string of the molecule is Cc1ccc(CC(=O)N/N=C/c2ccc(-c3ccc(Cl)c(Cl)c3)o2)c(C)c1. The van der Waals surface area contributed by atoms with Gasteiger partial charge in [-0.05, 0) is 55.3 Å². The molecule has 3 aromatic rings. The second kappa shape index (κ2) is 8.42. The van der Waals surface area contributed by atoms with Crippen molar-refractivity contribution in [3.05, 3.63) is 81.0 Å². The fraction of sp³-hybridized carbons (Fsp3) is 0.143. The molecule has 1 amide bonds. The Hall–Kier alpha value is -2.56. The Balaban J connectivity index is 1.60. The zero-order chi connectivity index (χ0) is 19.4. The maximum atomic E-state index is 12.1. The van der Waals surface area contributed by atoms with Crippen LogP contribution in [0.15, 0.2) is 58.0 Å². The summed E-state index contributed by atoms with van der Waals surface area (Å²) >= 11 is 12.0. The minimum atomic E-state index is -0.186. The van der Waals surface area contributed by atoms with E-state index < -0.39 is 0 Å². The highest BCUT2D eigenvalue weighted by atomic mass is 35.5. The molecular formula is C21H18Cl2N2O2. The van der Waals surface area contributed by atoms with E-state index in [0.29, 0.717) is 21.6 Å². The standard InChI is InChI=1S/C21H18Cl2N2O2/c1-13-3-4-15(14(2)9-13)11-21(26)25-24-12-17-6-8-20(27-17)16-5-7-18(22)19(23)10-16/h3-10,12H,11H2,1-2H3,(H,25,26)/b24-12+. The fourth-order valence-electron chi connectivity index (χ4n) is 2.65. The van der Waals surface area contributed by atoms with Crippen molar-refractivity contribution in [1.29, 1.82) is 0 Å². The van der Waals surface area contributed by atoms with Gasteiger partial charge in [-0.15, -0.1) is 0 Å². The van der Waals surface area contributed by atoms with Crippen molar-refractivity contribution in [2.75, 3.05) is 0 Å². The predicted molar refractivity (Wildman–Crippen MR) is 110 cm³/mol. The van der Waals surface area contributed by atoms with Gasteiger partial charge in [0, 0.05) is 5.56 Å². The third-order valence-corrected chi connectivity index (χ3v) is 4.80. The number of carbonyl (C=O) groups excluding carboxylic acids is 1. The number of nitrogens with zero attached hydrogens (tertiary/aromatic N) is 1. The van der Waals surface area contributed by atoms with Crippen molar-refractivity contribution in [2.45, 2.75) is 20.3 Å². The molecule has 3 rings (SSSR count). The van der Waals surface area contributed by atoms with Crippen LogP contribution in [0.25, 0.3) is 11.3 Å². The highest BCUT2D eigenvalue weighted by Gasteiger charge is 2.07. The second-order valence-corrected chi connectivity index (χ2v) is 7.05. The summed E-state index contributed by atoms with van der Waals surface area (Å²) in [5.74, 6) is 0.967. The number of nitrogens with one attached hydrogen (secondary N) is 1. The van der Waals surface area contributed by atoms with Gasteiger partial charge in [0.05, 0.1) is 22.7 Å². The van der Waals surface area contributed by atoms with Gasteiger partial charge in [-0.2, -0.15) is 5.10 Å². The van der Waals surface area contributed by atoms with Gasteiger partial charge in [0.1, 0.15) is 11.5 Å². The Bertz CT molecular complexity index is 1010. The van der Waals surface area contributed by atoms with Crippen LogP contribution in [0.3, 0.4) is 0 Å². The van der Waals surface area contributed by atoms with Gasteiger partial charge in [-0.1, -0.05) is 47.0 Å². The molecule has 0 aliphatic heterocycles. The molecule has 0 saturated carbocycles. The third kappa shape index (κ3) is 5.00. The molecule has 138 valence electrons. The first kappa shape index (κ1) is 19.2. The average molecular weight is 401 g/mol. The molecule has 0 atom stereocenters. The van der Waals surface area contributed by atoms with Gasteiger partial charge in [0.25, 0.3) is 0 Å². The maximum absolute atomic E-state index is 12.1. The van der Waals surface area contributed by atoms with Crippen LogP contribution in [0.4, 0.5) is 0 Å². The zero-order valence-electron chi connectivity index (χ0n) is 14.9. The Labute approximate surface area is 167 Å². The molecule has 27 heavy (non-hydrogen) atoms. The maximum Gasteiger partial charge on any atom is 0.244 e. The summed E-state index contributed by atoms with van der Waals surface area (Å²) in [6, 6.07) is 14.8. The van der Waals surface area contributed by atoms with Gasteiger partial charge in [0.2, 0.25) is 5.91 Å². The predicted octanol–water partition coefficient (Wildman–Crippen LogP) is 5.56. The number of hydrogen-bond donors (Lipinski definition) is 1. The molecule has 2 aromatic carbocycles. The van der Waals surface area contributed by atoms with Crippen molar-refractivity contribution < 1.29 is 9.21 Å². The first-order chi connectivity index (χ1) is 12.9. The lowest BCUT2D eigenvalue weighted by molar-refractivity contribution is -0.120. The number of halogens is 2. The van der Waals surface area contributed by atoms with Crippen LogP contribution in [0.1, 0.15) is 22.5 Å². The lowest BCUT2D eigenvalue weighted by Crippen LogP contribution is -2.20. The number of carbonyl (C=O) groups is 1. The lowest BCUT2D eigenvalue weighted by Gasteiger charge is -2.05. The van der Waals surface area contributed by atoms with Crippen molar-refractivity contribution >= 4 is 35.3 Å². The summed E-state index contributed by atoms with van der Waals surface area (Å²) in [5.41, 5.74) is 6.57. The molecule has 0 fully saturated rings. The molecule has 0 bridgehead atoms. The number of rotatable bonds is 5. The summed E-state index contributed by atoms with van der Waals surface area (Å²) in [7, 11) is 0. The molecule has 1 N–H and O–H groups in total. The van der Waals surface area contributed by atoms with Gasteiger partial charge >= 0.3 is 0 Å². The molecule has 1 heterocycles. The van der Waals surface area contributed by atoms with E-state index in [1.807, 2.05) is 32.0 Å². The normalized spacial score (nSPS) is 11.1. The smallest absolute Gasteiger partial charge is 0.244 e. The first-order valence-electron chi connectivity index (χ1n) is 8.35. The Morgan fingerprint density at radius 2 is 1.89 bits per heavy atom. The van der Waals surface area contributed by atoms with E-state index in [1.165, 1.54) is 11.8 Å². The largest absolute Gasteiger partial charge is 0.455 e. The summed E-state index contributed by atoms with van der Waals surface area (Å²) < 4.78 is 5.69. The summed E-state index contributed by atoms with van der Waals surface area (Å²) in [6.07, 6.45) is 1.73. The van der Waals surface area contributed by atoms with Crippen molar-refractivity contribution in [3.8, 4) is 11.3 Å². The summed E-state index contributed by atoms with van der Waals surface area (Å²) in [6.45, 7) is 4.02. The van der Waals surface area contributed by atoms with Gasteiger partial charge in [-0.3, -0.25) is 4.79 Å². The van der Waals surface area contributed by atoms with Crippen molar-refractivity contribution in [1.82, 2.24) is 5.43 Å². The quantitative estimate of drug-likeness (QED) is 0.449. The van der Waals surface area contributed by atoms with E-state index >= 15 is 0 Å². The van der Waals surface area contributed by atoms with Crippen LogP contribution in [-0.4, -0.2) is 12.1 Å². The van der Waals surface area contributed by atoms with Crippen LogP contribution in [0, 0.1) is 13.8 Å². The van der Waals surface area contributed by atoms with E-state index in [-0.39, 0.29) is 12.3 Å². The van der Waals surface area contributed by atoms with Crippen molar-refractivity contribution in [2.24, 2.45) is 5.10 Å². The number of furan rings is 1. The number of aryl methyl sites for hydroxylation is 2. The highest BCUT2D eigenvalue weighted by Crippen LogP contribution is 2.29. The van der Waals surface area contributed by atoms with E-state index in [1.54, 1.807) is 24.3 Å². The summed E-state index contributed by atoms with van der Waals surface area (Å²) in [4.78, 5) is 12.1. The van der Waals surface area contributed by atoms with E-state index in [4.69, 9.17) is 27.6 Å². The third-order valence-electron chi connectivity index (χ3n) is 4.06. The molecule has 0 saturated heterocycles. The van der Waals surface area contributed by atoms with E-state index in [2.05, 4.69) is 16.6 Å². The van der Waals surface area contributed by atoms with Gasteiger partial charge in [0.15, 0.2) is 0 Å². The minimum Gasteiger partial charge on any atom is -0.455 e. The van der Waals surface area contributed by atoms with Gasteiger partial charge < -0.3 is 4.42 Å². The van der Waals surface area contributed by atoms with Crippen LogP contribution < -0.4 is 5.43 Å². The van der Waals surface area contributed by atoms with Gasteiger partial charge in [-0.25, -0.2) is 5.43 Å². The molecular weight excluding hydrogens is 383 g/mol.